The Bertz CT molecular complexity index is 549. The van der Waals surface area contributed by atoms with Crippen molar-refractivity contribution in [3.63, 3.8) is 0 Å². The van der Waals surface area contributed by atoms with Crippen LogP contribution >= 0.6 is 0 Å². The van der Waals surface area contributed by atoms with E-state index >= 15 is 0 Å². The molecule has 0 radical (unpaired) electrons. The molecular weight excluding hydrogens is 229 g/mol. The van der Waals surface area contributed by atoms with Crippen molar-refractivity contribution >= 4 is 11.0 Å². The van der Waals surface area contributed by atoms with Crippen LogP contribution in [0.4, 0.5) is 4.39 Å². The van der Waals surface area contributed by atoms with Crippen LogP contribution in [-0.2, 0) is 6.42 Å². The molecule has 0 bridgehead atoms. The Morgan fingerprint density at radius 1 is 1.56 bits per heavy atom. The maximum atomic E-state index is 13.2. The Morgan fingerprint density at radius 3 is 3.22 bits per heavy atom. The minimum absolute atomic E-state index is 0.266. The molecule has 1 aliphatic rings. The molecule has 18 heavy (non-hydrogen) atoms. The van der Waals surface area contributed by atoms with Crippen molar-refractivity contribution in [2.24, 2.45) is 0 Å². The molecular formula is C14H18FN3. The van der Waals surface area contributed by atoms with Crippen LogP contribution in [0.5, 0.6) is 0 Å². The molecule has 2 aromatic heterocycles. The summed E-state index contributed by atoms with van der Waals surface area (Å²) in [5, 5.41) is 0.918. The number of hydrogen-bond acceptors (Lipinski definition) is 2. The van der Waals surface area contributed by atoms with Gasteiger partial charge in [-0.25, -0.2) is 9.37 Å². The summed E-state index contributed by atoms with van der Waals surface area (Å²) in [5.41, 5.74) is 1.94. The molecule has 1 atom stereocenters. The summed E-state index contributed by atoms with van der Waals surface area (Å²) in [4.78, 5) is 9.66. The van der Waals surface area contributed by atoms with Crippen molar-refractivity contribution in [3.05, 3.63) is 29.8 Å². The van der Waals surface area contributed by atoms with Crippen LogP contribution in [0.1, 0.15) is 25.3 Å². The molecule has 1 N–H and O–H groups in total. The van der Waals surface area contributed by atoms with Crippen LogP contribution in [0.15, 0.2) is 18.5 Å². The number of aromatic nitrogens is 2. The van der Waals surface area contributed by atoms with Gasteiger partial charge in [-0.1, -0.05) is 0 Å². The standard InChI is InChI=1S/C14H18FN3/c1-10-3-2-5-18(10)6-4-11-8-16-14-13(11)7-12(15)9-17-14/h7-10H,2-6H2,1H3,(H,16,17)/t10-/m0/s1. The maximum absolute atomic E-state index is 13.2. The number of fused-ring (bicyclic) bond motifs is 1. The van der Waals surface area contributed by atoms with Gasteiger partial charge in [0.05, 0.1) is 6.20 Å². The van der Waals surface area contributed by atoms with Gasteiger partial charge in [-0.2, -0.15) is 0 Å². The Balaban J connectivity index is 1.76. The summed E-state index contributed by atoms with van der Waals surface area (Å²) < 4.78 is 13.2. The van der Waals surface area contributed by atoms with E-state index in [0.717, 1.165) is 29.6 Å². The Labute approximate surface area is 106 Å². The van der Waals surface area contributed by atoms with E-state index in [0.29, 0.717) is 6.04 Å². The Morgan fingerprint density at radius 2 is 2.44 bits per heavy atom. The van der Waals surface area contributed by atoms with E-state index in [1.54, 1.807) is 6.07 Å². The van der Waals surface area contributed by atoms with E-state index in [9.17, 15) is 4.39 Å². The largest absolute Gasteiger partial charge is 0.346 e. The van der Waals surface area contributed by atoms with Gasteiger partial charge in [-0.15, -0.1) is 0 Å². The minimum Gasteiger partial charge on any atom is -0.346 e. The molecule has 1 saturated heterocycles. The number of likely N-dealkylation sites (tertiary alicyclic amines) is 1. The highest BCUT2D eigenvalue weighted by atomic mass is 19.1. The lowest BCUT2D eigenvalue weighted by molar-refractivity contribution is 0.272. The molecule has 96 valence electrons. The molecule has 1 aliphatic heterocycles. The molecule has 3 rings (SSSR count). The first-order chi connectivity index (χ1) is 8.74. The van der Waals surface area contributed by atoms with Gasteiger partial charge in [0.15, 0.2) is 0 Å². The van der Waals surface area contributed by atoms with Crippen LogP contribution in [0.25, 0.3) is 11.0 Å². The highest BCUT2D eigenvalue weighted by Gasteiger charge is 2.19. The van der Waals surface area contributed by atoms with E-state index < -0.39 is 0 Å². The number of pyridine rings is 1. The normalized spacial score (nSPS) is 20.9. The molecule has 0 aliphatic carbocycles. The zero-order valence-corrected chi connectivity index (χ0v) is 10.6. The highest BCUT2D eigenvalue weighted by molar-refractivity contribution is 5.79. The Kier molecular flexibility index (Phi) is 3.04. The molecule has 0 spiro atoms. The van der Waals surface area contributed by atoms with Crippen molar-refractivity contribution in [2.75, 3.05) is 13.1 Å². The van der Waals surface area contributed by atoms with E-state index in [-0.39, 0.29) is 5.82 Å². The molecule has 0 unspecified atom stereocenters. The first-order valence-corrected chi connectivity index (χ1v) is 6.59. The van der Waals surface area contributed by atoms with E-state index in [1.165, 1.54) is 25.6 Å². The van der Waals surface area contributed by atoms with Gasteiger partial charge < -0.3 is 9.88 Å². The van der Waals surface area contributed by atoms with Crippen molar-refractivity contribution in [1.29, 1.82) is 0 Å². The summed E-state index contributed by atoms with van der Waals surface area (Å²) in [6, 6.07) is 2.26. The smallest absolute Gasteiger partial charge is 0.142 e. The predicted molar refractivity (Wildman–Crippen MR) is 70.0 cm³/mol. The minimum atomic E-state index is -0.266. The fourth-order valence-corrected chi connectivity index (χ4v) is 2.83. The van der Waals surface area contributed by atoms with Gasteiger partial charge >= 0.3 is 0 Å². The molecule has 3 heterocycles. The van der Waals surface area contributed by atoms with Gasteiger partial charge in [0, 0.05) is 24.2 Å². The van der Waals surface area contributed by atoms with Crippen LogP contribution in [0.3, 0.4) is 0 Å². The fourth-order valence-electron chi connectivity index (χ4n) is 2.83. The summed E-state index contributed by atoms with van der Waals surface area (Å²) in [6.45, 7) is 4.52. The van der Waals surface area contributed by atoms with E-state index in [1.807, 2.05) is 6.20 Å². The highest BCUT2D eigenvalue weighted by Crippen LogP contribution is 2.20. The van der Waals surface area contributed by atoms with Crippen molar-refractivity contribution in [3.8, 4) is 0 Å². The second-order valence-corrected chi connectivity index (χ2v) is 5.14. The molecule has 0 aromatic carbocycles. The van der Waals surface area contributed by atoms with Crippen LogP contribution in [-0.4, -0.2) is 34.0 Å². The third kappa shape index (κ3) is 2.12. The number of rotatable bonds is 3. The number of nitrogens with one attached hydrogen (secondary N) is 1. The molecule has 4 heteroatoms. The number of aromatic amines is 1. The summed E-state index contributed by atoms with van der Waals surface area (Å²) >= 11 is 0. The molecule has 0 saturated carbocycles. The van der Waals surface area contributed by atoms with E-state index in [4.69, 9.17) is 0 Å². The quantitative estimate of drug-likeness (QED) is 0.904. The van der Waals surface area contributed by atoms with E-state index in [2.05, 4.69) is 21.8 Å². The predicted octanol–water partition coefficient (Wildman–Crippen LogP) is 2.73. The average Bonchev–Trinajstić information content (AvgIpc) is 2.93. The van der Waals surface area contributed by atoms with Gasteiger partial charge in [0.2, 0.25) is 0 Å². The second-order valence-electron chi connectivity index (χ2n) is 5.14. The molecule has 3 nitrogen and oxygen atoms in total. The SMILES string of the molecule is C[C@H]1CCCN1CCc1c[nH]c2ncc(F)cc12. The summed E-state index contributed by atoms with van der Waals surface area (Å²) in [5.74, 6) is -0.266. The number of halogens is 1. The van der Waals surface area contributed by atoms with Gasteiger partial charge in [0.1, 0.15) is 11.5 Å². The fraction of sp³-hybridized carbons (Fsp3) is 0.500. The lowest BCUT2D eigenvalue weighted by atomic mass is 10.1. The number of nitrogens with zero attached hydrogens (tertiary/aromatic N) is 2. The zero-order valence-electron chi connectivity index (χ0n) is 10.6. The van der Waals surface area contributed by atoms with Gasteiger partial charge in [-0.05, 0) is 44.4 Å². The maximum Gasteiger partial charge on any atom is 0.142 e. The van der Waals surface area contributed by atoms with Gasteiger partial charge in [0.25, 0.3) is 0 Å². The molecule has 2 aromatic rings. The number of H-pyrrole nitrogens is 1. The van der Waals surface area contributed by atoms with Crippen LogP contribution in [0, 0.1) is 5.82 Å². The molecule has 1 fully saturated rings. The van der Waals surface area contributed by atoms with Crippen LogP contribution < -0.4 is 0 Å². The van der Waals surface area contributed by atoms with Crippen molar-refractivity contribution < 1.29 is 4.39 Å². The Hall–Kier alpha value is -1.42. The summed E-state index contributed by atoms with van der Waals surface area (Å²) in [7, 11) is 0. The first-order valence-electron chi connectivity index (χ1n) is 6.59. The van der Waals surface area contributed by atoms with Crippen molar-refractivity contribution in [1.82, 2.24) is 14.9 Å². The van der Waals surface area contributed by atoms with Crippen LogP contribution in [0.2, 0.25) is 0 Å². The average molecular weight is 247 g/mol. The van der Waals surface area contributed by atoms with Crippen molar-refractivity contribution in [2.45, 2.75) is 32.2 Å². The van der Waals surface area contributed by atoms with Gasteiger partial charge in [-0.3, -0.25) is 0 Å². The topological polar surface area (TPSA) is 31.9 Å². The molecule has 0 amide bonds. The second kappa shape index (κ2) is 4.69. The lowest BCUT2D eigenvalue weighted by Gasteiger charge is -2.20. The number of hydrogen-bond donors (Lipinski definition) is 1. The third-order valence-corrected chi connectivity index (χ3v) is 3.94. The summed E-state index contributed by atoms with van der Waals surface area (Å²) in [6.07, 6.45) is 6.76. The third-order valence-electron chi connectivity index (χ3n) is 3.94. The lowest BCUT2D eigenvalue weighted by Crippen LogP contribution is -2.28. The monoisotopic (exact) mass is 247 g/mol. The first kappa shape index (κ1) is 11.7. The zero-order chi connectivity index (χ0) is 12.5.